The average molecular weight is 280 g/mol. The van der Waals surface area contributed by atoms with Crippen molar-refractivity contribution in [2.45, 2.75) is 26.2 Å². The van der Waals surface area contributed by atoms with Crippen molar-refractivity contribution in [2.24, 2.45) is 5.84 Å². The van der Waals surface area contributed by atoms with Crippen molar-refractivity contribution < 1.29 is 9.59 Å². The number of hydrazine groups is 1. The van der Waals surface area contributed by atoms with E-state index in [-0.39, 0.29) is 30.5 Å². The zero-order valence-corrected chi connectivity index (χ0v) is 11.9. The molecule has 0 bridgehead atoms. The van der Waals surface area contributed by atoms with Gasteiger partial charge in [-0.25, -0.2) is 9.97 Å². The molecule has 0 saturated heterocycles. The fraction of sp³-hybridized carbons (Fsp3) is 0.500. The van der Waals surface area contributed by atoms with E-state index in [1.807, 2.05) is 13.8 Å². The number of nitrogen functional groups attached to an aromatic ring is 1. The average Bonchev–Trinajstić information content (AvgIpc) is 2.45. The number of amides is 2. The van der Waals surface area contributed by atoms with Gasteiger partial charge in [-0.3, -0.25) is 15.4 Å². The molecule has 0 aromatic carbocycles. The number of carbonyl (C=O) groups excluding carboxylic acids is 2. The van der Waals surface area contributed by atoms with Gasteiger partial charge in [0.2, 0.25) is 5.91 Å². The van der Waals surface area contributed by atoms with E-state index >= 15 is 0 Å². The highest BCUT2D eigenvalue weighted by molar-refractivity contribution is 5.97. The van der Waals surface area contributed by atoms with Crippen LogP contribution in [0.1, 0.15) is 42.5 Å². The molecule has 0 aliphatic heterocycles. The van der Waals surface area contributed by atoms with Gasteiger partial charge < -0.3 is 16.1 Å². The number of carbonyl (C=O) groups is 2. The molecule has 2 amide bonds. The first-order valence-electron chi connectivity index (χ1n) is 6.32. The zero-order chi connectivity index (χ0) is 15.1. The topological polar surface area (TPSA) is 122 Å². The lowest BCUT2D eigenvalue weighted by atomic mass is 10.2. The molecule has 0 spiro atoms. The summed E-state index contributed by atoms with van der Waals surface area (Å²) in [5.41, 5.74) is 2.90. The third-order valence-electron chi connectivity index (χ3n) is 2.61. The molecule has 1 aromatic heterocycles. The highest BCUT2D eigenvalue weighted by atomic mass is 16.2. The quantitative estimate of drug-likeness (QED) is 0.421. The van der Waals surface area contributed by atoms with Crippen LogP contribution in [-0.4, -0.2) is 35.4 Å². The van der Waals surface area contributed by atoms with E-state index in [2.05, 4.69) is 26.0 Å². The predicted octanol–water partition coefficient (Wildman–Crippen LogP) is -0.248. The molecule has 1 rings (SSSR count). The second kappa shape index (κ2) is 7.39. The lowest BCUT2D eigenvalue weighted by Gasteiger charge is -2.11. The van der Waals surface area contributed by atoms with Crippen molar-refractivity contribution in [3.63, 3.8) is 0 Å². The maximum Gasteiger partial charge on any atom is 0.272 e. The summed E-state index contributed by atoms with van der Waals surface area (Å²) in [5.74, 6) is 5.45. The van der Waals surface area contributed by atoms with Crippen molar-refractivity contribution in [3.05, 3.63) is 17.7 Å². The molecule has 0 aliphatic rings. The van der Waals surface area contributed by atoms with Crippen molar-refractivity contribution >= 4 is 17.5 Å². The standard InChI is InChI=1S/C12H20N6O2/c1-7(2)11-16-6-8(18-13)10(17-11)12(20)15-5-4-9(19)14-3/h6-7,18H,4-5,13H2,1-3H3,(H,14,19)(H,15,20). The molecule has 20 heavy (non-hydrogen) atoms. The minimum atomic E-state index is -0.397. The summed E-state index contributed by atoms with van der Waals surface area (Å²) in [7, 11) is 1.54. The van der Waals surface area contributed by atoms with E-state index in [0.717, 1.165) is 0 Å². The maximum atomic E-state index is 12.0. The van der Waals surface area contributed by atoms with Crippen LogP contribution in [-0.2, 0) is 4.79 Å². The minimum absolute atomic E-state index is 0.0965. The van der Waals surface area contributed by atoms with Crippen LogP contribution in [0.2, 0.25) is 0 Å². The van der Waals surface area contributed by atoms with E-state index in [1.165, 1.54) is 6.20 Å². The summed E-state index contributed by atoms with van der Waals surface area (Å²) in [4.78, 5) is 31.4. The van der Waals surface area contributed by atoms with Crippen molar-refractivity contribution in [1.29, 1.82) is 0 Å². The van der Waals surface area contributed by atoms with Crippen LogP contribution in [0, 0.1) is 0 Å². The second-order valence-corrected chi connectivity index (χ2v) is 4.47. The van der Waals surface area contributed by atoms with Crippen LogP contribution in [0.15, 0.2) is 6.20 Å². The molecular formula is C12H20N6O2. The molecular weight excluding hydrogens is 260 g/mol. The lowest BCUT2D eigenvalue weighted by Crippen LogP contribution is -2.31. The normalized spacial score (nSPS) is 10.2. The first kappa shape index (κ1) is 15.8. The number of hydrogen-bond acceptors (Lipinski definition) is 6. The van der Waals surface area contributed by atoms with Gasteiger partial charge in [0.1, 0.15) is 5.82 Å². The Morgan fingerprint density at radius 3 is 2.65 bits per heavy atom. The number of aromatic nitrogens is 2. The Labute approximate surface area is 117 Å². The predicted molar refractivity (Wildman–Crippen MR) is 74.9 cm³/mol. The molecule has 0 atom stereocenters. The highest BCUT2D eigenvalue weighted by Gasteiger charge is 2.16. The number of rotatable bonds is 6. The van der Waals surface area contributed by atoms with E-state index in [1.54, 1.807) is 7.05 Å². The highest BCUT2D eigenvalue weighted by Crippen LogP contribution is 2.15. The van der Waals surface area contributed by atoms with Gasteiger partial charge in [0.05, 0.1) is 11.9 Å². The molecule has 8 nitrogen and oxygen atoms in total. The molecule has 0 saturated carbocycles. The van der Waals surface area contributed by atoms with Gasteiger partial charge in [-0.15, -0.1) is 0 Å². The lowest BCUT2D eigenvalue weighted by molar-refractivity contribution is -0.120. The summed E-state index contributed by atoms with van der Waals surface area (Å²) < 4.78 is 0. The Morgan fingerprint density at radius 1 is 1.40 bits per heavy atom. The van der Waals surface area contributed by atoms with Gasteiger partial charge in [0.25, 0.3) is 5.91 Å². The first-order valence-corrected chi connectivity index (χ1v) is 6.32. The summed E-state index contributed by atoms with van der Waals surface area (Å²) in [6.45, 7) is 4.08. The largest absolute Gasteiger partial charge is 0.359 e. The van der Waals surface area contributed by atoms with Crippen LogP contribution in [0.3, 0.4) is 0 Å². The Balaban J connectivity index is 2.79. The molecule has 0 fully saturated rings. The zero-order valence-electron chi connectivity index (χ0n) is 11.9. The Morgan fingerprint density at radius 2 is 2.10 bits per heavy atom. The molecule has 1 aromatic rings. The van der Waals surface area contributed by atoms with Crippen molar-refractivity contribution in [1.82, 2.24) is 20.6 Å². The SMILES string of the molecule is CNC(=O)CCNC(=O)c1nc(C(C)C)ncc1NN. The van der Waals surface area contributed by atoms with Crippen LogP contribution in [0.5, 0.6) is 0 Å². The number of nitrogens with zero attached hydrogens (tertiary/aromatic N) is 2. The van der Waals surface area contributed by atoms with Gasteiger partial charge in [0.15, 0.2) is 5.69 Å². The monoisotopic (exact) mass is 280 g/mol. The van der Waals surface area contributed by atoms with Gasteiger partial charge in [-0.2, -0.15) is 0 Å². The van der Waals surface area contributed by atoms with Crippen LogP contribution >= 0.6 is 0 Å². The number of anilines is 1. The van der Waals surface area contributed by atoms with Crippen LogP contribution in [0.4, 0.5) is 5.69 Å². The molecule has 0 aliphatic carbocycles. The maximum absolute atomic E-state index is 12.0. The first-order chi connectivity index (χ1) is 9.49. The van der Waals surface area contributed by atoms with E-state index in [0.29, 0.717) is 11.5 Å². The fourth-order valence-electron chi connectivity index (χ4n) is 1.45. The molecule has 110 valence electrons. The second-order valence-electron chi connectivity index (χ2n) is 4.47. The fourth-order valence-corrected chi connectivity index (χ4v) is 1.45. The molecule has 0 radical (unpaired) electrons. The van der Waals surface area contributed by atoms with Crippen LogP contribution in [0.25, 0.3) is 0 Å². The van der Waals surface area contributed by atoms with Crippen molar-refractivity contribution in [3.8, 4) is 0 Å². The van der Waals surface area contributed by atoms with E-state index in [9.17, 15) is 9.59 Å². The minimum Gasteiger partial charge on any atom is -0.359 e. The third-order valence-corrected chi connectivity index (χ3v) is 2.61. The summed E-state index contributed by atoms with van der Waals surface area (Å²) in [5, 5.41) is 5.10. The number of nitrogens with two attached hydrogens (primary N) is 1. The van der Waals surface area contributed by atoms with Crippen LogP contribution < -0.4 is 21.9 Å². The van der Waals surface area contributed by atoms with Gasteiger partial charge in [0, 0.05) is 25.9 Å². The summed E-state index contributed by atoms with van der Waals surface area (Å²) in [6, 6.07) is 0. The number of nitrogens with one attached hydrogen (secondary N) is 3. The molecule has 1 heterocycles. The summed E-state index contributed by atoms with van der Waals surface area (Å²) >= 11 is 0. The van der Waals surface area contributed by atoms with Crippen molar-refractivity contribution in [2.75, 3.05) is 19.0 Å². The Bertz CT molecular complexity index is 489. The van der Waals surface area contributed by atoms with E-state index < -0.39 is 5.91 Å². The van der Waals surface area contributed by atoms with Gasteiger partial charge in [-0.05, 0) is 0 Å². The molecule has 8 heteroatoms. The molecule has 5 N–H and O–H groups in total. The summed E-state index contributed by atoms with van der Waals surface area (Å²) in [6.07, 6.45) is 1.67. The number of hydrogen-bond donors (Lipinski definition) is 4. The van der Waals surface area contributed by atoms with Gasteiger partial charge in [-0.1, -0.05) is 13.8 Å². The van der Waals surface area contributed by atoms with Gasteiger partial charge >= 0.3 is 0 Å². The third kappa shape index (κ3) is 4.16. The molecule has 0 unspecified atom stereocenters. The smallest absolute Gasteiger partial charge is 0.272 e. The Hall–Kier alpha value is -2.22. The Kier molecular flexibility index (Phi) is 5.85. The van der Waals surface area contributed by atoms with E-state index in [4.69, 9.17) is 5.84 Å².